The van der Waals surface area contributed by atoms with Crippen LogP contribution in [0.2, 0.25) is 0 Å². The average Bonchev–Trinajstić information content (AvgIpc) is 2.75. The maximum atomic E-state index is 12.4. The third kappa shape index (κ3) is 8.45. The number of Topliss-reactive ketones (excluding diaryl/α,β-unsaturated/α-hetero) is 1. The number of benzene rings is 1. The fourth-order valence-electron chi connectivity index (χ4n) is 3.43. The second kappa shape index (κ2) is 13.2. The molecule has 2 aromatic rings. The first-order valence-corrected chi connectivity index (χ1v) is 11.3. The van der Waals surface area contributed by atoms with E-state index in [1.165, 1.54) is 44.1 Å². The summed E-state index contributed by atoms with van der Waals surface area (Å²) < 4.78 is 0. The Morgan fingerprint density at radius 2 is 1.52 bits per heavy atom. The van der Waals surface area contributed by atoms with Gasteiger partial charge in [0.1, 0.15) is 0 Å². The van der Waals surface area contributed by atoms with Crippen molar-refractivity contribution in [3.8, 4) is 11.4 Å². The highest BCUT2D eigenvalue weighted by molar-refractivity contribution is 5.96. The summed E-state index contributed by atoms with van der Waals surface area (Å²) in [5.74, 6) is 0.667. The van der Waals surface area contributed by atoms with Gasteiger partial charge in [-0.3, -0.25) is 4.79 Å². The van der Waals surface area contributed by atoms with Gasteiger partial charge in [0.2, 0.25) is 0 Å². The minimum atomic E-state index is -0.549. The number of aliphatic hydroxyl groups excluding tert-OH is 1. The Hall–Kier alpha value is -2.07. The molecule has 0 bridgehead atoms. The van der Waals surface area contributed by atoms with Crippen molar-refractivity contribution < 1.29 is 9.90 Å². The molecule has 1 N–H and O–H groups in total. The Bertz CT molecular complexity index is 711. The van der Waals surface area contributed by atoms with Crippen LogP contribution in [-0.2, 0) is 6.42 Å². The van der Waals surface area contributed by atoms with Crippen molar-refractivity contribution >= 4 is 5.78 Å². The molecule has 1 atom stereocenters. The molecule has 4 heteroatoms. The predicted octanol–water partition coefficient (Wildman–Crippen LogP) is 6.17. The van der Waals surface area contributed by atoms with Crippen molar-refractivity contribution in [1.29, 1.82) is 0 Å². The van der Waals surface area contributed by atoms with E-state index in [9.17, 15) is 9.90 Å². The van der Waals surface area contributed by atoms with Crippen LogP contribution in [0.5, 0.6) is 0 Å². The standard InChI is InChI=1S/C25H36N2O2/c1-3-5-7-9-11-20-18-26-25(27-19-20)22-15-13-21(14-16-22)24(29)17-23(28)12-10-8-6-4-2/h13-16,18-19,23,28H,3-12,17H2,1-2H3/t23-/m1/s1. The fraction of sp³-hybridized carbons (Fsp3) is 0.560. The summed E-state index contributed by atoms with van der Waals surface area (Å²) in [4.78, 5) is 21.4. The molecule has 0 spiro atoms. The molecule has 0 fully saturated rings. The number of hydrogen-bond acceptors (Lipinski definition) is 4. The van der Waals surface area contributed by atoms with Gasteiger partial charge in [0.25, 0.3) is 0 Å². The van der Waals surface area contributed by atoms with Crippen molar-refractivity contribution in [3.63, 3.8) is 0 Å². The summed E-state index contributed by atoms with van der Waals surface area (Å²) in [6.07, 6.45) is 14.6. The maximum absolute atomic E-state index is 12.4. The smallest absolute Gasteiger partial charge is 0.165 e. The van der Waals surface area contributed by atoms with Gasteiger partial charge >= 0.3 is 0 Å². The van der Waals surface area contributed by atoms with E-state index < -0.39 is 6.10 Å². The quantitative estimate of drug-likeness (QED) is 0.306. The van der Waals surface area contributed by atoms with Crippen LogP contribution < -0.4 is 0 Å². The van der Waals surface area contributed by atoms with E-state index in [4.69, 9.17) is 0 Å². The topological polar surface area (TPSA) is 63.1 Å². The predicted molar refractivity (Wildman–Crippen MR) is 119 cm³/mol. The third-order valence-electron chi connectivity index (χ3n) is 5.30. The molecule has 158 valence electrons. The van der Waals surface area contributed by atoms with Gasteiger partial charge in [-0.2, -0.15) is 0 Å². The summed E-state index contributed by atoms with van der Waals surface area (Å²) in [5, 5.41) is 10.1. The Balaban J connectivity index is 1.85. The van der Waals surface area contributed by atoms with Crippen molar-refractivity contribution in [1.82, 2.24) is 9.97 Å². The summed E-state index contributed by atoms with van der Waals surface area (Å²) in [6.45, 7) is 4.38. The lowest BCUT2D eigenvalue weighted by molar-refractivity contribution is 0.0864. The Morgan fingerprint density at radius 1 is 0.897 bits per heavy atom. The van der Waals surface area contributed by atoms with E-state index in [1.807, 2.05) is 36.7 Å². The van der Waals surface area contributed by atoms with Crippen molar-refractivity contribution in [2.45, 2.75) is 90.6 Å². The molecule has 0 radical (unpaired) electrons. The molecule has 1 aromatic carbocycles. The van der Waals surface area contributed by atoms with Crippen molar-refractivity contribution in [2.75, 3.05) is 0 Å². The molecule has 2 rings (SSSR count). The maximum Gasteiger partial charge on any atom is 0.165 e. The zero-order chi connectivity index (χ0) is 20.9. The van der Waals surface area contributed by atoms with Gasteiger partial charge in [-0.15, -0.1) is 0 Å². The lowest BCUT2D eigenvalue weighted by Gasteiger charge is -2.10. The van der Waals surface area contributed by atoms with Gasteiger partial charge in [-0.25, -0.2) is 9.97 Å². The highest BCUT2D eigenvalue weighted by Gasteiger charge is 2.13. The molecule has 0 amide bonds. The second-order valence-corrected chi connectivity index (χ2v) is 7.93. The summed E-state index contributed by atoms with van der Waals surface area (Å²) in [5.41, 5.74) is 2.71. The van der Waals surface area contributed by atoms with Gasteiger partial charge in [0, 0.05) is 29.9 Å². The van der Waals surface area contributed by atoms with Gasteiger partial charge in [0.05, 0.1) is 6.10 Å². The van der Waals surface area contributed by atoms with E-state index in [0.29, 0.717) is 17.8 Å². The van der Waals surface area contributed by atoms with E-state index in [1.54, 1.807) is 0 Å². The number of carbonyl (C=O) groups is 1. The minimum Gasteiger partial charge on any atom is -0.393 e. The van der Waals surface area contributed by atoms with Crippen LogP contribution in [0.4, 0.5) is 0 Å². The Morgan fingerprint density at radius 3 is 2.14 bits per heavy atom. The number of aliphatic hydroxyl groups is 1. The SMILES string of the molecule is CCCCCCc1cnc(-c2ccc(C(=O)C[C@H](O)CCCCCC)cc2)nc1. The normalized spacial score (nSPS) is 12.1. The summed E-state index contributed by atoms with van der Waals surface area (Å²) >= 11 is 0. The van der Waals surface area contributed by atoms with Gasteiger partial charge < -0.3 is 5.11 Å². The molecule has 0 unspecified atom stereocenters. The number of rotatable bonds is 14. The first-order chi connectivity index (χ1) is 14.1. The molecule has 0 saturated carbocycles. The molecule has 0 aliphatic heterocycles. The van der Waals surface area contributed by atoms with Crippen LogP contribution in [0.1, 0.15) is 94.0 Å². The average molecular weight is 397 g/mol. The number of ketones is 1. The molecule has 4 nitrogen and oxygen atoms in total. The van der Waals surface area contributed by atoms with Gasteiger partial charge in [-0.05, 0) is 24.8 Å². The zero-order valence-electron chi connectivity index (χ0n) is 18.1. The fourth-order valence-corrected chi connectivity index (χ4v) is 3.43. The molecule has 1 aromatic heterocycles. The summed E-state index contributed by atoms with van der Waals surface area (Å²) in [6, 6.07) is 7.39. The first-order valence-electron chi connectivity index (χ1n) is 11.3. The Labute approximate surface area is 175 Å². The van der Waals surface area contributed by atoms with Crippen molar-refractivity contribution in [2.24, 2.45) is 0 Å². The van der Waals surface area contributed by atoms with E-state index in [0.717, 1.165) is 24.8 Å². The molecule has 1 heterocycles. The van der Waals surface area contributed by atoms with Crippen LogP contribution in [0.25, 0.3) is 11.4 Å². The number of unbranched alkanes of at least 4 members (excludes halogenated alkanes) is 6. The van der Waals surface area contributed by atoms with E-state index >= 15 is 0 Å². The van der Waals surface area contributed by atoms with Crippen LogP contribution in [-0.4, -0.2) is 27.0 Å². The second-order valence-electron chi connectivity index (χ2n) is 7.93. The van der Waals surface area contributed by atoms with E-state index in [2.05, 4.69) is 23.8 Å². The number of aromatic nitrogens is 2. The van der Waals surface area contributed by atoms with Crippen molar-refractivity contribution in [3.05, 3.63) is 47.8 Å². The molecule has 0 aliphatic rings. The van der Waals surface area contributed by atoms with Crippen LogP contribution in [0.15, 0.2) is 36.7 Å². The third-order valence-corrected chi connectivity index (χ3v) is 5.30. The van der Waals surface area contributed by atoms with Crippen LogP contribution in [0, 0.1) is 0 Å². The lowest BCUT2D eigenvalue weighted by Crippen LogP contribution is -2.13. The van der Waals surface area contributed by atoms with E-state index in [-0.39, 0.29) is 12.2 Å². The first kappa shape index (κ1) is 23.2. The molecule has 0 saturated heterocycles. The van der Waals surface area contributed by atoms with Crippen LogP contribution >= 0.6 is 0 Å². The molecular weight excluding hydrogens is 360 g/mol. The van der Waals surface area contributed by atoms with Crippen LogP contribution in [0.3, 0.4) is 0 Å². The molecule has 0 aliphatic carbocycles. The minimum absolute atomic E-state index is 0.0112. The number of nitrogens with zero attached hydrogens (tertiary/aromatic N) is 2. The van der Waals surface area contributed by atoms with Gasteiger partial charge in [-0.1, -0.05) is 83.1 Å². The number of aryl methyl sites for hydroxylation is 1. The van der Waals surface area contributed by atoms with Gasteiger partial charge in [0.15, 0.2) is 11.6 Å². The number of hydrogen-bond donors (Lipinski definition) is 1. The molecular formula is C25H36N2O2. The highest BCUT2D eigenvalue weighted by Crippen LogP contribution is 2.18. The largest absolute Gasteiger partial charge is 0.393 e. The lowest BCUT2D eigenvalue weighted by atomic mass is 10.00. The summed E-state index contributed by atoms with van der Waals surface area (Å²) in [7, 11) is 0. The monoisotopic (exact) mass is 396 g/mol. The zero-order valence-corrected chi connectivity index (χ0v) is 18.1. The molecule has 29 heavy (non-hydrogen) atoms. The Kier molecular flexibility index (Phi) is 10.6. The number of carbonyl (C=O) groups excluding carboxylic acids is 1. The highest BCUT2D eigenvalue weighted by atomic mass is 16.3.